The maximum Gasteiger partial charge on any atom is 0.252 e. The van der Waals surface area contributed by atoms with Crippen molar-refractivity contribution in [3.05, 3.63) is 48.3 Å². The average Bonchev–Trinajstić information content (AvgIpc) is 3.47. The fraction of sp³-hybridized carbons (Fsp3) is 0.600. The largest absolute Gasteiger partial charge is 0.374 e. The highest BCUT2D eigenvalue weighted by atomic mass is 16.5. The van der Waals surface area contributed by atoms with Crippen molar-refractivity contribution in [2.24, 2.45) is 5.41 Å². The van der Waals surface area contributed by atoms with Crippen LogP contribution in [0.5, 0.6) is 0 Å². The molecule has 0 bridgehead atoms. The third-order valence-corrected chi connectivity index (χ3v) is 7.50. The average molecular weight is 571 g/mol. The number of nitrogens with zero attached hydrogens (tertiary/aromatic N) is 3. The van der Waals surface area contributed by atoms with E-state index >= 15 is 0 Å². The summed E-state index contributed by atoms with van der Waals surface area (Å²) in [6.07, 6.45) is 5.56. The van der Waals surface area contributed by atoms with E-state index in [1.54, 1.807) is 31.3 Å². The lowest BCUT2D eigenvalue weighted by molar-refractivity contribution is -0.146. The van der Waals surface area contributed by atoms with Crippen molar-refractivity contribution in [3.8, 4) is 0 Å². The minimum atomic E-state index is -0.860. The molecule has 3 atom stereocenters. The van der Waals surface area contributed by atoms with Gasteiger partial charge in [0.15, 0.2) is 0 Å². The molecule has 0 unspecified atom stereocenters. The molecule has 11 heteroatoms. The molecule has 0 aromatic heterocycles. The Hall–Kier alpha value is -3.28. The van der Waals surface area contributed by atoms with Gasteiger partial charge in [-0.05, 0) is 50.9 Å². The summed E-state index contributed by atoms with van der Waals surface area (Å²) in [5, 5.41) is 8.30. The lowest BCUT2D eigenvalue weighted by Crippen LogP contribution is -2.59. The van der Waals surface area contributed by atoms with E-state index in [2.05, 4.69) is 20.9 Å². The van der Waals surface area contributed by atoms with Gasteiger partial charge in [0.1, 0.15) is 12.1 Å². The van der Waals surface area contributed by atoms with Crippen LogP contribution in [0.1, 0.15) is 46.1 Å². The highest BCUT2D eigenvalue weighted by molar-refractivity contribution is 5.94. The molecule has 1 fully saturated rings. The van der Waals surface area contributed by atoms with Crippen molar-refractivity contribution < 1.29 is 23.9 Å². The maximum atomic E-state index is 13.5. The lowest BCUT2D eigenvalue weighted by atomic mass is 9.86. The van der Waals surface area contributed by atoms with E-state index in [-0.39, 0.29) is 25.0 Å². The Bertz CT molecular complexity index is 1070. The van der Waals surface area contributed by atoms with Crippen LogP contribution >= 0.6 is 0 Å². The Morgan fingerprint density at radius 3 is 2.34 bits per heavy atom. The number of carbonyl (C=O) groups is 4. The zero-order valence-electron chi connectivity index (χ0n) is 25.0. The van der Waals surface area contributed by atoms with Gasteiger partial charge in [-0.15, -0.1) is 0 Å². The number of hydrogen-bond donors (Lipinski definition) is 3. The lowest BCUT2D eigenvalue weighted by Gasteiger charge is -2.36. The van der Waals surface area contributed by atoms with E-state index in [0.29, 0.717) is 13.2 Å². The molecule has 1 aromatic carbocycles. The summed E-state index contributed by atoms with van der Waals surface area (Å²) < 4.78 is 5.90. The predicted molar refractivity (Wildman–Crippen MR) is 156 cm³/mol. The van der Waals surface area contributed by atoms with Crippen LogP contribution in [0.4, 0.5) is 0 Å². The second kappa shape index (κ2) is 15.1. The normalized spacial score (nSPS) is 19.2. The van der Waals surface area contributed by atoms with Crippen LogP contribution in [-0.2, 0) is 30.5 Å². The number of likely N-dealkylation sites (tertiary alicyclic amines) is 1. The molecule has 2 heterocycles. The summed E-state index contributed by atoms with van der Waals surface area (Å²) >= 11 is 0. The SMILES string of the molecule is CN[C@@H](C)C(=O)N[C@H](C(=O)NCC(=O)N1C=CN(CCN2CCCC2)C(=O)[C@@H]1COCc1ccccc1)C(C)(C)C. The number of amides is 4. The Labute approximate surface area is 243 Å². The Morgan fingerprint density at radius 2 is 1.71 bits per heavy atom. The van der Waals surface area contributed by atoms with Crippen LogP contribution in [0.25, 0.3) is 0 Å². The molecule has 2 aliphatic heterocycles. The van der Waals surface area contributed by atoms with Gasteiger partial charge in [-0.2, -0.15) is 0 Å². The van der Waals surface area contributed by atoms with Crippen molar-refractivity contribution >= 4 is 23.6 Å². The molecular weight excluding hydrogens is 524 g/mol. The molecule has 0 radical (unpaired) electrons. The monoisotopic (exact) mass is 570 g/mol. The fourth-order valence-electron chi connectivity index (χ4n) is 4.78. The van der Waals surface area contributed by atoms with E-state index in [9.17, 15) is 19.2 Å². The standard InChI is InChI=1S/C30H46N6O5/c1-22(31-5)27(38)33-26(30(2,3)4)28(39)32-19-25(37)36-18-17-35(16-15-34-13-9-10-14-34)29(40)24(36)21-41-20-23-11-7-6-8-12-23/h6-8,11-12,17-18,22,24,26,31H,9-10,13-16,19-21H2,1-5H3,(H,32,39)(H,33,38)/t22-,24-,26+/m0/s1. The second-order valence-corrected chi connectivity index (χ2v) is 11.7. The number of ether oxygens (including phenoxy) is 1. The summed E-state index contributed by atoms with van der Waals surface area (Å²) in [5.74, 6) is -1.46. The van der Waals surface area contributed by atoms with Gasteiger partial charge < -0.3 is 35.4 Å². The topological polar surface area (TPSA) is 123 Å². The van der Waals surface area contributed by atoms with Gasteiger partial charge in [0, 0.05) is 25.5 Å². The highest BCUT2D eigenvalue weighted by Gasteiger charge is 2.37. The molecule has 0 spiro atoms. The van der Waals surface area contributed by atoms with Crippen LogP contribution in [0, 0.1) is 5.41 Å². The van der Waals surface area contributed by atoms with Crippen LogP contribution < -0.4 is 16.0 Å². The summed E-state index contributed by atoms with van der Waals surface area (Å²) in [6.45, 7) is 10.6. The van der Waals surface area contributed by atoms with Crippen molar-refractivity contribution in [2.75, 3.05) is 46.4 Å². The molecule has 2 aliphatic rings. The molecule has 0 aliphatic carbocycles. The first kappa shape index (κ1) is 32.2. The molecule has 41 heavy (non-hydrogen) atoms. The molecule has 11 nitrogen and oxygen atoms in total. The first-order chi connectivity index (χ1) is 19.5. The van der Waals surface area contributed by atoms with Gasteiger partial charge in [0.25, 0.3) is 5.91 Å². The van der Waals surface area contributed by atoms with Crippen LogP contribution in [0.2, 0.25) is 0 Å². The van der Waals surface area contributed by atoms with Crippen molar-refractivity contribution in [2.45, 2.75) is 65.3 Å². The second-order valence-electron chi connectivity index (χ2n) is 11.7. The van der Waals surface area contributed by atoms with Gasteiger partial charge in [-0.3, -0.25) is 19.2 Å². The fourth-order valence-corrected chi connectivity index (χ4v) is 4.78. The van der Waals surface area contributed by atoms with Gasteiger partial charge in [-0.25, -0.2) is 0 Å². The summed E-state index contributed by atoms with van der Waals surface area (Å²) in [5.41, 5.74) is 0.367. The van der Waals surface area contributed by atoms with E-state index in [1.807, 2.05) is 51.1 Å². The number of rotatable bonds is 13. The number of carbonyl (C=O) groups excluding carboxylic acids is 4. The quantitative estimate of drug-likeness (QED) is 0.324. The van der Waals surface area contributed by atoms with Gasteiger partial charge in [0.05, 0.1) is 25.8 Å². The number of hydrogen-bond acceptors (Lipinski definition) is 7. The number of nitrogens with one attached hydrogen (secondary N) is 3. The molecule has 0 saturated carbocycles. The molecule has 226 valence electrons. The molecule has 1 aromatic rings. The van der Waals surface area contributed by atoms with Gasteiger partial charge in [-0.1, -0.05) is 51.1 Å². The van der Waals surface area contributed by atoms with Crippen molar-refractivity contribution in [1.29, 1.82) is 0 Å². The predicted octanol–water partition coefficient (Wildman–Crippen LogP) is 1.06. The molecule has 1 saturated heterocycles. The van der Waals surface area contributed by atoms with Crippen LogP contribution in [0.3, 0.4) is 0 Å². The summed E-state index contributed by atoms with van der Waals surface area (Å²) in [4.78, 5) is 57.8. The van der Waals surface area contributed by atoms with E-state index in [1.165, 1.54) is 17.7 Å². The minimum absolute atomic E-state index is 0.0144. The zero-order valence-corrected chi connectivity index (χ0v) is 25.0. The van der Waals surface area contributed by atoms with Gasteiger partial charge in [0.2, 0.25) is 17.7 Å². The Balaban J connectivity index is 1.67. The molecule has 3 N–H and O–H groups in total. The summed E-state index contributed by atoms with van der Waals surface area (Å²) in [7, 11) is 1.66. The smallest absolute Gasteiger partial charge is 0.252 e. The summed E-state index contributed by atoms with van der Waals surface area (Å²) in [6, 6.07) is 7.42. The van der Waals surface area contributed by atoms with Crippen molar-refractivity contribution in [3.63, 3.8) is 0 Å². The van der Waals surface area contributed by atoms with E-state index in [4.69, 9.17) is 4.74 Å². The Kier molecular flexibility index (Phi) is 11.9. The molecule has 3 rings (SSSR count). The highest BCUT2D eigenvalue weighted by Crippen LogP contribution is 2.20. The van der Waals surface area contributed by atoms with Crippen LogP contribution in [-0.4, -0.2) is 103 Å². The van der Waals surface area contributed by atoms with Crippen LogP contribution in [0.15, 0.2) is 42.7 Å². The number of benzene rings is 1. The van der Waals surface area contributed by atoms with Crippen molar-refractivity contribution in [1.82, 2.24) is 30.7 Å². The van der Waals surface area contributed by atoms with Gasteiger partial charge >= 0.3 is 0 Å². The van der Waals surface area contributed by atoms with E-state index in [0.717, 1.165) is 25.2 Å². The third kappa shape index (κ3) is 9.37. The molecular formula is C30H46N6O5. The zero-order chi connectivity index (χ0) is 30.0. The minimum Gasteiger partial charge on any atom is -0.374 e. The first-order valence-corrected chi connectivity index (χ1v) is 14.4. The van der Waals surface area contributed by atoms with E-state index < -0.39 is 35.4 Å². The maximum absolute atomic E-state index is 13.5. The third-order valence-electron chi connectivity index (χ3n) is 7.50. The first-order valence-electron chi connectivity index (χ1n) is 14.4. The Morgan fingerprint density at radius 1 is 1.02 bits per heavy atom. The number of likely N-dealkylation sites (N-methyl/N-ethyl adjacent to an activating group) is 1. The molecule has 4 amide bonds.